The van der Waals surface area contributed by atoms with E-state index in [1.54, 1.807) is 11.8 Å². The van der Waals surface area contributed by atoms with Crippen LogP contribution >= 0.6 is 11.8 Å². The molecule has 0 radical (unpaired) electrons. The Bertz CT molecular complexity index is 262. The van der Waals surface area contributed by atoms with Gasteiger partial charge in [-0.3, -0.25) is 0 Å². The highest BCUT2D eigenvalue weighted by Crippen LogP contribution is 2.18. The number of nitrogens with zero attached hydrogens (tertiary/aromatic N) is 2. The molecule has 0 amide bonds. The van der Waals surface area contributed by atoms with E-state index in [-0.39, 0.29) is 0 Å². The van der Waals surface area contributed by atoms with E-state index in [4.69, 9.17) is 10.2 Å². The van der Waals surface area contributed by atoms with Crippen molar-refractivity contribution in [1.29, 1.82) is 0 Å². The molecule has 0 saturated carbocycles. The molecule has 0 fully saturated rings. The van der Waals surface area contributed by atoms with Gasteiger partial charge in [0, 0.05) is 5.75 Å². The topological polar surface area (TPSA) is 64.9 Å². The summed E-state index contributed by atoms with van der Waals surface area (Å²) in [6.45, 7) is 4.77. The van der Waals surface area contributed by atoms with E-state index in [0.29, 0.717) is 17.7 Å². The van der Waals surface area contributed by atoms with Gasteiger partial charge in [-0.15, -0.1) is 10.2 Å². The van der Waals surface area contributed by atoms with E-state index in [2.05, 4.69) is 24.0 Å². The van der Waals surface area contributed by atoms with Crippen LogP contribution in [0.3, 0.4) is 0 Å². The number of nitrogens with two attached hydrogens (primary N) is 1. The molecule has 0 aliphatic rings. The van der Waals surface area contributed by atoms with Gasteiger partial charge in [-0.05, 0) is 12.3 Å². The molecular formula is C9H17N3OS. The van der Waals surface area contributed by atoms with Gasteiger partial charge >= 0.3 is 0 Å². The molecule has 1 rings (SSSR count). The van der Waals surface area contributed by atoms with Crippen LogP contribution < -0.4 is 5.73 Å². The third kappa shape index (κ3) is 4.11. The molecule has 1 aromatic rings. The first-order valence-corrected chi connectivity index (χ1v) is 5.86. The van der Waals surface area contributed by atoms with Crippen molar-refractivity contribution >= 4 is 11.8 Å². The monoisotopic (exact) mass is 215 g/mol. The Balaban J connectivity index is 2.18. The summed E-state index contributed by atoms with van der Waals surface area (Å²) in [5.74, 6) is 2.30. The van der Waals surface area contributed by atoms with E-state index in [0.717, 1.165) is 11.7 Å². The van der Waals surface area contributed by atoms with Crippen molar-refractivity contribution in [3.63, 3.8) is 0 Å². The molecule has 0 saturated heterocycles. The highest BCUT2D eigenvalue weighted by molar-refractivity contribution is 7.99. The number of aromatic nitrogens is 2. The van der Waals surface area contributed by atoms with Gasteiger partial charge in [0.2, 0.25) is 5.89 Å². The van der Waals surface area contributed by atoms with Crippen LogP contribution in [0.15, 0.2) is 9.64 Å². The molecule has 2 N–H and O–H groups in total. The minimum atomic E-state index is 0.319. The molecule has 5 heteroatoms. The second-order valence-electron chi connectivity index (χ2n) is 3.55. The van der Waals surface area contributed by atoms with Gasteiger partial charge in [0.1, 0.15) is 0 Å². The minimum absolute atomic E-state index is 0.319. The molecule has 0 aromatic carbocycles. The Kier molecular flexibility index (Phi) is 4.97. The maximum Gasteiger partial charge on any atom is 0.276 e. The lowest BCUT2D eigenvalue weighted by Gasteiger charge is -2.01. The number of thioether (sulfide) groups is 1. The van der Waals surface area contributed by atoms with Crippen molar-refractivity contribution in [2.45, 2.75) is 38.5 Å². The summed E-state index contributed by atoms with van der Waals surface area (Å²) < 4.78 is 5.26. The normalized spacial score (nSPS) is 11.1. The quantitative estimate of drug-likeness (QED) is 0.581. The summed E-state index contributed by atoms with van der Waals surface area (Å²) in [6.07, 6.45) is 2.42. The molecule has 14 heavy (non-hydrogen) atoms. The molecule has 0 aliphatic heterocycles. The van der Waals surface area contributed by atoms with Gasteiger partial charge in [0.15, 0.2) is 0 Å². The van der Waals surface area contributed by atoms with Crippen LogP contribution in [0.5, 0.6) is 0 Å². The fourth-order valence-electron chi connectivity index (χ4n) is 1.03. The van der Waals surface area contributed by atoms with Crippen molar-refractivity contribution in [3.8, 4) is 0 Å². The smallest absolute Gasteiger partial charge is 0.276 e. The van der Waals surface area contributed by atoms with Crippen molar-refractivity contribution < 1.29 is 4.42 Å². The standard InChI is InChI=1S/C9H17N3OS/c1-7(2)4-3-5-14-9-12-11-8(6-10)13-9/h7H,3-6,10H2,1-2H3. The van der Waals surface area contributed by atoms with Gasteiger partial charge in [-0.2, -0.15) is 0 Å². The number of hydrogen-bond acceptors (Lipinski definition) is 5. The van der Waals surface area contributed by atoms with Crippen molar-refractivity contribution in [2.24, 2.45) is 11.7 Å². The average Bonchev–Trinajstić information content (AvgIpc) is 2.60. The Hall–Kier alpha value is -0.550. The third-order valence-corrected chi connectivity index (χ3v) is 2.68. The van der Waals surface area contributed by atoms with Gasteiger partial charge in [-0.25, -0.2) is 0 Å². The zero-order valence-corrected chi connectivity index (χ0v) is 9.51. The molecule has 80 valence electrons. The van der Waals surface area contributed by atoms with E-state index in [9.17, 15) is 0 Å². The predicted molar refractivity (Wildman–Crippen MR) is 57.0 cm³/mol. The van der Waals surface area contributed by atoms with Gasteiger partial charge in [0.25, 0.3) is 5.22 Å². The summed E-state index contributed by atoms with van der Waals surface area (Å²) in [7, 11) is 0. The Labute approximate surface area is 88.7 Å². The molecule has 4 nitrogen and oxygen atoms in total. The first-order chi connectivity index (χ1) is 6.72. The summed E-state index contributed by atoms with van der Waals surface area (Å²) >= 11 is 1.60. The van der Waals surface area contributed by atoms with Gasteiger partial charge < -0.3 is 10.2 Å². The van der Waals surface area contributed by atoms with Crippen LogP contribution in [0.25, 0.3) is 0 Å². The van der Waals surface area contributed by atoms with Crippen LogP contribution in [-0.4, -0.2) is 16.0 Å². The molecule has 1 heterocycles. The van der Waals surface area contributed by atoms with E-state index < -0.39 is 0 Å². The second-order valence-corrected chi connectivity index (χ2v) is 4.60. The van der Waals surface area contributed by atoms with Crippen molar-refractivity contribution in [2.75, 3.05) is 5.75 Å². The lowest BCUT2D eigenvalue weighted by molar-refractivity contribution is 0.414. The second kappa shape index (κ2) is 6.03. The lowest BCUT2D eigenvalue weighted by atomic mass is 10.1. The van der Waals surface area contributed by atoms with Crippen molar-refractivity contribution in [3.05, 3.63) is 5.89 Å². The lowest BCUT2D eigenvalue weighted by Crippen LogP contribution is -1.95. The van der Waals surface area contributed by atoms with Gasteiger partial charge in [0.05, 0.1) is 6.54 Å². The minimum Gasteiger partial charge on any atom is -0.415 e. The Morgan fingerprint density at radius 2 is 2.21 bits per heavy atom. The fraction of sp³-hybridized carbons (Fsp3) is 0.778. The summed E-state index contributed by atoms with van der Waals surface area (Å²) in [6, 6.07) is 0. The molecule has 0 atom stereocenters. The average molecular weight is 215 g/mol. The number of hydrogen-bond donors (Lipinski definition) is 1. The molecule has 0 bridgehead atoms. The first kappa shape index (κ1) is 11.5. The summed E-state index contributed by atoms with van der Waals surface area (Å²) in [5, 5.41) is 8.29. The zero-order valence-electron chi connectivity index (χ0n) is 8.69. The molecular weight excluding hydrogens is 198 g/mol. The van der Waals surface area contributed by atoms with Crippen LogP contribution in [-0.2, 0) is 6.54 Å². The Morgan fingerprint density at radius 3 is 2.79 bits per heavy atom. The van der Waals surface area contributed by atoms with Crippen LogP contribution in [0.2, 0.25) is 0 Å². The van der Waals surface area contributed by atoms with Crippen LogP contribution in [0, 0.1) is 5.92 Å². The van der Waals surface area contributed by atoms with Crippen LogP contribution in [0.4, 0.5) is 0 Å². The van der Waals surface area contributed by atoms with E-state index in [1.165, 1.54) is 12.8 Å². The number of rotatable bonds is 6. The maximum atomic E-state index is 5.35. The summed E-state index contributed by atoms with van der Waals surface area (Å²) in [4.78, 5) is 0. The fourth-order valence-corrected chi connectivity index (χ4v) is 1.77. The first-order valence-electron chi connectivity index (χ1n) is 4.87. The molecule has 0 unspecified atom stereocenters. The molecule has 0 spiro atoms. The largest absolute Gasteiger partial charge is 0.415 e. The van der Waals surface area contributed by atoms with Crippen LogP contribution in [0.1, 0.15) is 32.6 Å². The van der Waals surface area contributed by atoms with E-state index in [1.807, 2.05) is 0 Å². The zero-order chi connectivity index (χ0) is 10.4. The van der Waals surface area contributed by atoms with E-state index >= 15 is 0 Å². The van der Waals surface area contributed by atoms with Crippen molar-refractivity contribution in [1.82, 2.24) is 10.2 Å². The maximum absolute atomic E-state index is 5.35. The molecule has 0 aliphatic carbocycles. The highest BCUT2D eigenvalue weighted by Gasteiger charge is 2.04. The molecule has 1 aromatic heterocycles. The van der Waals surface area contributed by atoms with Gasteiger partial charge in [-0.1, -0.05) is 32.0 Å². The predicted octanol–water partition coefficient (Wildman–Crippen LogP) is 2.06. The SMILES string of the molecule is CC(C)CCCSc1nnc(CN)o1. The summed E-state index contributed by atoms with van der Waals surface area (Å²) in [5.41, 5.74) is 5.35. The highest BCUT2D eigenvalue weighted by atomic mass is 32.2. The Morgan fingerprint density at radius 1 is 1.43 bits per heavy atom. The third-order valence-electron chi connectivity index (χ3n) is 1.77.